The van der Waals surface area contributed by atoms with E-state index in [0.717, 1.165) is 12.5 Å². The molecule has 0 spiro atoms. The van der Waals surface area contributed by atoms with E-state index >= 15 is 0 Å². The standard InChI is InChI=1S/C17H28N2/c1-5-16-12-19(7-6-17(16)18-4)11-15-9-13(2)8-14(3)10-15/h8-10,16-18H,5-7,11-12H2,1-4H3. The highest BCUT2D eigenvalue weighted by atomic mass is 15.1. The number of nitrogens with zero attached hydrogens (tertiary/aromatic N) is 1. The summed E-state index contributed by atoms with van der Waals surface area (Å²) >= 11 is 0. The van der Waals surface area contributed by atoms with Crippen LogP contribution in [0.1, 0.15) is 36.5 Å². The van der Waals surface area contributed by atoms with Gasteiger partial charge in [-0.05, 0) is 45.3 Å². The van der Waals surface area contributed by atoms with E-state index in [1.165, 1.54) is 42.6 Å². The Kier molecular flexibility index (Phi) is 5.00. The summed E-state index contributed by atoms with van der Waals surface area (Å²) in [7, 11) is 2.10. The monoisotopic (exact) mass is 260 g/mol. The van der Waals surface area contributed by atoms with Gasteiger partial charge in [-0.3, -0.25) is 4.90 Å². The van der Waals surface area contributed by atoms with E-state index in [0.29, 0.717) is 6.04 Å². The zero-order valence-corrected chi connectivity index (χ0v) is 12.9. The normalized spacial score (nSPS) is 24.6. The van der Waals surface area contributed by atoms with Gasteiger partial charge < -0.3 is 5.32 Å². The molecule has 1 aliphatic heterocycles. The van der Waals surface area contributed by atoms with E-state index in [9.17, 15) is 0 Å². The van der Waals surface area contributed by atoms with Crippen LogP contribution in [0.25, 0.3) is 0 Å². The molecule has 2 atom stereocenters. The molecule has 1 fully saturated rings. The number of hydrogen-bond acceptors (Lipinski definition) is 2. The SMILES string of the molecule is CCC1CN(Cc2cc(C)cc(C)c2)CCC1NC. The van der Waals surface area contributed by atoms with Crippen molar-refractivity contribution in [3.05, 3.63) is 34.9 Å². The van der Waals surface area contributed by atoms with Gasteiger partial charge in [0.15, 0.2) is 0 Å². The van der Waals surface area contributed by atoms with E-state index in [4.69, 9.17) is 0 Å². The number of likely N-dealkylation sites (tertiary alicyclic amines) is 1. The number of benzene rings is 1. The van der Waals surface area contributed by atoms with Gasteiger partial charge in [0.05, 0.1) is 0 Å². The van der Waals surface area contributed by atoms with Gasteiger partial charge in [-0.2, -0.15) is 0 Å². The van der Waals surface area contributed by atoms with Crippen molar-refractivity contribution in [2.75, 3.05) is 20.1 Å². The van der Waals surface area contributed by atoms with Gasteiger partial charge in [-0.25, -0.2) is 0 Å². The maximum atomic E-state index is 3.48. The van der Waals surface area contributed by atoms with E-state index in [-0.39, 0.29) is 0 Å². The van der Waals surface area contributed by atoms with Gasteiger partial charge in [-0.15, -0.1) is 0 Å². The summed E-state index contributed by atoms with van der Waals surface area (Å²) in [5, 5.41) is 3.48. The molecular weight excluding hydrogens is 232 g/mol. The summed E-state index contributed by atoms with van der Waals surface area (Å²) in [6, 6.07) is 7.63. The van der Waals surface area contributed by atoms with Crippen molar-refractivity contribution in [3.8, 4) is 0 Å². The molecule has 1 aliphatic rings. The second kappa shape index (κ2) is 6.53. The summed E-state index contributed by atoms with van der Waals surface area (Å²) < 4.78 is 0. The number of hydrogen-bond donors (Lipinski definition) is 1. The molecule has 0 amide bonds. The Morgan fingerprint density at radius 2 is 1.89 bits per heavy atom. The summed E-state index contributed by atoms with van der Waals surface area (Å²) in [5.74, 6) is 0.796. The summed E-state index contributed by atoms with van der Waals surface area (Å²) in [6.45, 7) is 10.3. The van der Waals surface area contributed by atoms with Crippen LogP contribution >= 0.6 is 0 Å². The van der Waals surface area contributed by atoms with Gasteiger partial charge in [0, 0.05) is 19.1 Å². The maximum absolute atomic E-state index is 3.48. The molecule has 2 rings (SSSR count). The Morgan fingerprint density at radius 1 is 1.21 bits per heavy atom. The van der Waals surface area contributed by atoms with Crippen LogP contribution in [0.2, 0.25) is 0 Å². The van der Waals surface area contributed by atoms with Gasteiger partial charge >= 0.3 is 0 Å². The van der Waals surface area contributed by atoms with Gasteiger partial charge in [0.2, 0.25) is 0 Å². The van der Waals surface area contributed by atoms with Crippen LogP contribution in [-0.2, 0) is 6.54 Å². The van der Waals surface area contributed by atoms with E-state index in [1.54, 1.807) is 0 Å². The lowest BCUT2D eigenvalue weighted by Gasteiger charge is -2.38. The van der Waals surface area contributed by atoms with Crippen LogP contribution in [0.5, 0.6) is 0 Å². The fourth-order valence-electron chi connectivity index (χ4n) is 3.46. The van der Waals surface area contributed by atoms with Crippen LogP contribution in [0.3, 0.4) is 0 Å². The lowest BCUT2D eigenvalue weighted by Crippen LogP contribution is -2.47. The quantitative estimate of drug-likeness (QED) is 0.895. The smallest absolute Gasteiger partial charge is 0.0234 e. The van der Waals surface area contributed by atoms with Crippen LogP contribution in [0.4, 0.5) is 0 Å². The second-order valence-electron chi connectivity index (χ2n) is 6.08. The fraction of sp³-hybridized carbons (Fsp3) is 0.647. The minimum Gasteiger partial charge on any atom is -0.317 e. The molecular formula is C17H28N2. The molecule has 1 aromatic rings. The molecule has 1 N–H and O–H groups in total. The first-order valence-corrected chi connectivity index (χ1v) is 7.59. The average molecular weight is 260 g/mol. The topological polar surface area (TPSA) is 15.3 Å². The van der Waals surface area contributed by atoms with E-state index < -0.39 is 0 Å². The van der Waals surface area contributed by atoms with Crippen molar-refractivity contribution < 1.29 is 0 Å². The Balaban J connectivity index is 2.00. The maximum Gasteiger partial charge on any atom is 0.0234 e. The van der Waals surface area contributed by atoms with Gasteiger partial charge in [0.1, 0.15) is 0 Å². The molecule has 2 nitrogen and oxygen atoms in total. The zero-order chi connectivity index (χ0) is 13.8. The van der Waals surface area contributed by atoms with Crippen molar-refractivity contribution >= 4 is 0 Å². The molecule has 2 heteroatoms. The summed E-state index contributed by atoms with van der Waals surface area (Å²) in [4.78, 5) is 2.62. The van der Waals surface area contributed by atoms with Crippen molar-refractivity contribution in [1.82, 2.24) is 10.2 Å². The third-order valence-electron chi connectivity index (χ3n) is 4.40. The average Bonchev–Trinajstić information content (AvgIpc) is 2.37. The van der Waals surface area contributed by atoms with Crippen molar-refractivity contribution in [2.24, 2.45) is 5.92 Å². The number of aryl methyl sites for hydroxylation is 2. The number of rotatable bonds is 4. The molecule has 0 aromatic heterocycles. The first kappa shape index (κ1) is 14.5. The number of nitrogens with one attached hydrogen (secondary N) is 1. The Morgan fingerprint density at radius 3 is 2.47 bits per heavy atom. The molecule has 1 saturated heterocycles. The van der Waals surface area contributed by atoms with E-state index in [1.807, 2.05) is 0 Å². The highest BCUT2D eigenvalue weighted by molar-refractivity contribution is 5.28. The third-order valence-corrected chi connectivity index (χ3v) is 4.40. The van der Waals surface area contributed by atoms with E-state index in [2.05, 4.69) is 56.2 Å². The van der Waals surface area contributed by atoms with Crippen LogP contribution in [0, 0.1) is 19.8 Å². The Hall–Kier alpha value is -0.860. The summed E-state index contributed by atoms with van der Waals surface area (Å²) in [6.07, 6.45) is 2.55. The predicted molar refractivity (Wildman–Crippen MR) is 82.4 cm³/mol. The molecule has 19 heavy (non-hydrogen) atoms. The first-order chi connectivity index (χ1) is 9.12. The van der Waals surface area contributed by atoms with Crippen LogP contribution < -0.4 is 5.32 Å². The lowest BCUT2D eigenvalue weighted by molar-refractivity contribution is 0.132. The highest BCUT2D eigenvalue weighted by Crippen LogP contribution is 2.22. The fourth-order valence-corrected chi connectivity index (χ4v) is 3.46. The predicted octanol–water partition coefficient (Wildman–Crippen LogP) is 3.12. The second-order valence-corrected chi connectivity index (χ2v) is 6.08. The Bertz CT molecular complexity index is 393. The molecule has 0 aliphatic carbocycles. The molecule has 0 saturated carbocycles. The third kappa shape index (κ3) is 3.80. The molecule has 0 radical (unpaired) electrons. The van der Waals surface area contributed by atoms with Crippen molar-refractivity contribution in [1.29, 1.82) is 0 Å². The number of piperidine rings is 1. The lowest BCUT2D eigenvalue weighted by atomic mass is 9.90. The largest absolute Gasteiger partial charge is 0.317 e. The molecule has 1 aromatic carbocycles. The van der Waals surface area contributed by atoms with Crippen LogP contribution in [-0.4, -0.2) is 31.1 Å². The van der Waals surface area contributed by atoms with Crippen molar-refractivity contribution in [3.63, 3.8) is 0 Å². The van der Waals surface area contributed by atoms with Gasteiger partial charge in [-0.1, -0.05) is 42.7 Å². The molecule has 0 bridgehead atoms. The molecule has 2 unspecified atom stereocenters. The zero-order valence-electron chi connectivity index (χ0n) is 12.9. The van der Waals surface area contributed by atoms with Gasteiger partial charge in [0.25, 0.3) is 0 Å². The minimum atomic E-state index is 0.709. The highest BCUT2D eigenvalue weighted by Gasteiger charge is 2.26. The molecule has 1 heterocycles. The van der Waals surface area contributed by atoms with Crippen molar-refractivity contribution in [2.45, 2.75) is 46.2 Å². The Labute approximate surface area is 118 Å². The minimum absolute atomic E-state index is 0.709. The summed E-state index contributed by atoms with van der Waals surface area (Å²) in [5.41, 5.74) is 4.23. The van der Waals surface area contributed by atoms with Crippen LogP contribution in [0.15, 0.2) is 18.2 Å². The first-order valence-electron chi connectivity index (χ1n) is 7.59. The molecule has 106 valence electrons.